The van der Waals surface area contributed by atoms with Crippen molar-refractivity contribution in [1.82, 2.24) is 0 Å². The highest BCUT2D eigenvalue weighted by Gasteiger charge is 2.28. The highest BCUT2D eigenvalue weighted by Crippen LogP contribution is 2.43. The van der Waals surface area contributed by atoms with Crippen LogP contribution in [0.25, 0.3) is 33.5 Å². The minimum absolute atomic E-state index is 0.140. The molecular weight excluding hydrogens is 550 g/mol. The molecule has 0 radical (unpaired) electrons. The fourth-order valence-corrected chi connectivity index (χ4v) is 6.48. The van der Waals surface area contributed by atoms with Crippen LogP contribution in [0, 0.1) is 12.8 Å². The second kappa shape index (κ2) is 10.1. The minimum Gasteiger partial charge on any atom is -0.0827 e. The van der Waals surface area contributed by atoms with E-state index in [2.05, 4.69) is 80.6 Å². The van der Waals surface area contributed by atoms with Crippen molar-refractivity contribution in [1.29, 1.82) is 0 Å². The van der Waals surface area contributed by atoms with E-state index in [1.54, 1.807) is 0 Å². The maximum absolute atomic E-state index is 6.48. The Labute approximate surface area is 242 Å². The molecule has 0 aliphatic heterocycles. The van der Waals surface area contributed by atoms with E-state index in [0.29, 0.717) is 20.1 Å². The summed E-state index contributed by atoms with van der Waals surface area (Å²) >= 11 is 25.5. The number of benzene rings is 5. The third-order valence-electron chi connectivity index (χ3n) is 7.74. The third-order valence-corrected chi connectivity index (χ3v) is 9.22. The monoisotopic (exact) mass is 572 g/mol. The van der Waals surface area contributed by atoms with Gasteiger partial charge in [0.25, 0.3) is 0 Å². The van der Waals surface area contributed by atoms with Crippen molar-refractivity contribution in [3.05, 3.63) is 138 Å². The van der Waals surface area contributed by atoms with Crippen molar-refractivity contribution >= 4 is 68.8 Å². The molecule has 0 N–H and O–H groups in total. The first kappa shape index (κ1) is 25.5. The summed E-state index contributed by atoms with van der Waals surface area (Å²) in [4.78, 5) is 0. The van der Waals surface area contributed by atoms with Gasteiger partial charge in [-0.15, -0.1) is 0 Å². The molecule has 0 heterocycles. The van der Waals surface area contributed by atoms with E-state index in [1.165, 1.54) is 37.9 Å². The molecule has 0 saturated carbocycles. The van der Waals surface area contributed by atoms with Crippen molar-refractivity contribution in [2.45, 2.75) is 19.8 Å². The number of fused-ring (bicyclic) bond motifs is 2. The van der Waals surface area contributed by atoms with Crippen LogP contribution in [0.4, 0.5) is 0 Å². The fraction of sp³-hybridized carbons (Fsp3) is 0.118. The number of hydrogen-bond donors (Lipinski definition) is 0. The molecule has 4 heteroatoms. The van der Waals surface area contributed by atoms with E-state index in [0.717, 1.165) is 16.7 Å². The first-order valence-electron chi connectivity index (χ1n) is 12.6. The quantitative estimate of drug-likeness (QED) is 0.201. The molecule has 0 amide bonds. The number of hydrogen-bond acceptors (Lipinski definition) is 0. The molecule has 0 bridgehead atoms. The summed E-state index contributed by atoms with van der Waals surface area (Å²) in [6, 6.07) is 31.4. The summed E-state index contributed by atoms with van der Waals surface area (Å²) in [5, 5.41) is 7.16. The van der Waals surface area contributed by atoms with Crippen LogP contribution in [0.15, 0.2) is 91.0 Å². The van der Waals surface area contributed by atoms with Gasteiger partial charge in [-0.1, -0.05) is 120 Å². The van der Waals surface area contributed by atoms with Gasteiger partial charge in [-0.3, -0.25) is 0 Å². The molecule has 188 valence electrons. The molecule has 0 nitrogen and oxygen atoms in total. The molecule has 5 aromatic carbocycles. The predicted molar refractivity (Wildman–Crippen MR) is 165 cm³/mol. The molecular formula is C34H24Cl4. The van der Waals surface area contributed by atoms with Gasteiger partial charge < -0.3 is 0 Å². The Balaban J connectivity index is 1.68. The fourth-order valence-electron chi connectivity index (χ4n) is 5.88. The van der Waals surface area contributed by atoms with Gasteiger partial charge in [0.2, 0.25) is 0 Å². The largest absolute Gasteiger partial charge is 0.0827 e. The Hall–Kier alpha value is -2.74. The molecule has 38 heavy (non-hydrogen) atoms. The molecule has 6 rings (SSSR count). The standard InChI is InChI=1S/C34H24Cl4/c1-19-27(23-11-13-29(35)31(37)17-23)15-21-7-3-5-9-25(21)33(19)34-20(2)28(16-22-8-4-6-10-26(22)34)24-12-14-30(36)32(38)18-24/h3-19,27H,1-2H3/t19-,27?/m0/s1. The smallest absolute Gasteiger partial charge is 0.0598 e. The van der Waals surface area contributed by atoms with Crippen molar-refractivity contribution < 1.29 is 0 Å². The second-order valence-electron chi connectivity index (χ2n) is 9.93. The van der Waals surface area contributed by atoms with Crippen LogP contribution in [-0.4, -0.2) is 0 Å². The van der Waals surface area contributed by atoms with Gasteiger partial charge in [0.15, 0.2) is 0 Å². The Morgan fingerprint density at radius 3 is 2.11 bits per heavy atom. The number of rotatable bonds is 3. The summed E-state index contributed by atoms with van der Waals surface area (Å²) in [7, 11) is 0. The molecule has 2 atom stereocenters. The molecule has 1 aliphatic rings. The zero-order chi connectivity index (χ0) is 26.6. The summed E-state index contributed by atoms with van der Waals surface area (Å²) in [6.07, 6.45) is 2.36. The van der Waals surface area contributed by atoms with Gasteiger partial charge in [-0.25, -0.2) is 0 Å². The average molecular weight is 574 g/mol. The van der Waals surface area contributed by atoms with E-state index in [4.69, 9.17) is 46.4 Å². The minimum atomic E-state index is 0.140. The zero-order valence-electron chi connectivity index (χ0n) is 20.9. The first-order chi connectivity index (χ1) is 18.3. The van der Waals surface area contributed by atoms with Crippen LogP contribution < -0.4 is 10.4 Å². The Morgan fingerprint density at radius 1 is 0.658 bits per heavy atom. The average Bonchev–Trinajstić information content (AvgIpc) is 2.92. The Kier molecular flexibility index (Phi) is 6.79. The van der Waals surface area contributed by atoms with Crippen molar-refractivity contribution in [3.8, 4) is 11.1 Å². The Morgan fingerprint density at radius 2 is 1.34 bits per heavy atom. The van der Waals surface area contributed by atoms with Gasteiger partial charge in [0.05, 0.1) is 20.1 Å². The van der Waals surface area contributed by atoms with Crippen LogP contribution in [0.1, 0.15) is 29.5 Å². The van der Waals surface area contributed by atoms with Crippen molar-refractivity contribution in [3.63, 3.8) is 0 Å². The highest BCUT2D eigenvalue weighted by molar-refractivity contribution is 6.42. The first-order valence-corrected chi connectivity index (χ1v) is 14.1. The number of halogens is 4. The zero-order valence-corrected chi connectivity index (χ0v) is 23.9. The normalized spacial score (nSPS) is 16.8. The topological polar surface area (TPSA) is 0 Å². The summed E-state index contributed by atoms with van der Waals surface area (Å²) in [5.74, 6) is 0.328. The van der Waals surface area contributed by atoms with Crippen LogP contribution in [0.3, 0.4) is 0 Å². The van der Waals surface area contributed by atoms with Crippen LogP contribution in [0.5, 0.6) is 0 Å². The van der Waals surface area contributed by atoms with Crippen LogP contribution in [0.2, 0.25) is 20.1 Å². The van der Waals surface area contributed by atoms with E-state index < -0.39 is 0 Å². The van der Waals surface area contributed by atoms with E-state index in [1.807, 2.05) is 30.3 Å². The van der Waals surface area contributed by atoms with Crippen molar-refractivity contribution in [2.75, 3.05) is 0 Å². The molecule has 0 spiro atoms. The molecule has 5 aromatic rings. The summed E-state index contributed by atoms with van der Waals surface area (Å²) in [6.45, 7) is 4.53. The lowest BCUT2D eigenvalue weighted by atomic mass is 9.73. The van der Waals surface area contributed by atoms with Crippen LogP contribution >= 0.6 is 46.4 Å². The van der Waals surface area contributed by atoms with Gasteiger partial charge in [-0.2, -0.15) is 0 Å². The Bertz CT molecular complexity index is 1850. The van der Waals surface area contributed by atoms with Gasteiger partial charge in [-0.05, 0) is 97.8 Å². The van der Waals surface area contributed by atoms with Crippen molar-refractivity contribution in [2.24, 2.45) is 5.92 Å². The van der Waals surface area contributed by atoms with Gasteiger partial charge in [0.1, 0.15) is 0 Å². The van der Waals surface area contributed by atoms with E-state index >= 15 is 0 Å². The van der Waals surface area contributed by atoms with Gasteiger partial charge in [0, 0.05) is 5.92 Å². The summed E-state index contributed by atoms with van der Waals surface area (Å²) in [5.41, 5.74) is 7.16. The lowest BCUT2D eigenvalue weighted by molar-refractivity contribution is 0.674. The maximum Gasteiger partial charge on any atom is 0.0598 e. The van der Waals surface area contributed by atoms with E-state index in [-0.39, 0.29) is 11.8 Å². The summed E-state index contributed by atoms with van der Waals surface area (Å²) < 4.78 is 0. The molecule has 0 saturated heterocycles. The lowest BCUT2D eigenvalue weighted by Gasteiger charge is -2.30. The maximum atomic E-state index is 6.48. The molecule has 0 aromatic heterocycles. The SMILES string of the molecule is Cc1c(-c2ccc(Cl)c(Cl)c2)cc2ccccc2c1C1=c2ccccc2=CC(c2ccc(Cl)c(Cl)c2)[C@@H]1C. The second-order valence-corrected chi connectivity index (χ2v) is 11.6. The predicted octanol–water partition coefficient (Wildman–Crippen LogP) is 9.84. The van der Waals surface area contributed by atoms with Crippen LogP contribution in [-0.2, 0) is 0 Å². The van der Waals surface area contributed by atoms with E-state index in [9.17, 15) is 0 Å². The highest BCUT2D eigenvalue weighted by atomic mass is 35.5. The molecule has 0 fully saturated rings. The van der Waals surface area contributed by atoms with Gasteiger partial charge >= 0.3 is 0 Å². The molecule has 1 unspecified atom stereocenters. The lowest BCUT2D eigenvalue weighted by Crippen LogP contribution is -2.35. The third kappa shape index (κ3) is 4.34. The molecule has 1 aliphatic carbocycles.